The summed E-state index contributed by atoms with van der Waals surface area (Å²) in [5.74, 6) is 1.85. The van der Waals surface area contributed by atoms with Crippen LogP contribution < -0.4 is 9.47 Å². The number of hydrogen-bond acceptors (Lipinski definition) is 3. The van der Waals surface area contributed by atoms with Gasteiger partial charge < -0.3 is 9.47 Å². The molecule has 1 heterocycles. The summed E-state index contributed by atoms with van der Waals surface area (Å²) in [6.07, 6.45) is 1.58. The van der Waals surface area contributed by atoms with Crippen LogP contribution in [0.3, 0.4) is 0 Å². The number of fused-ring (bicyclic) bond motifs is 1. The molecule has 0 fully saturated rings. The van der Waals surface area contributed by atoms with Crippen molar-refractivity contribution in [3.05, 3.63) is 23.8 Å². The third-order valence-electron chi connectivity index (χ3n) is 3.10. The molecule has 0 radical (unpaired) electrons. The molecular formula is C14H18O3. The first-order chi connectivity index (χ1) is 8.22. The maximum atomic E-state index is 12.2. The van der Waals surface area contributed by atoms with E-state index in [0.29, 0.717) is 42.6 Å². The summed E-state index contributed by atoms with van der Waals surface area (Å²) < 4.78 is 11.0. The highest BCUT2D eigenvalue weighted by molar-refractivity contribution is 5.99. The van der Waals surface area contributed by atoms with Crippen LogP contribution in [0.4, 0.5) is 0 Å². The summed E-state index contributed by atoms with van der Waals surface area (Å²) in [4.78, 5) is 12.2. The highest BCUT2D eigenvalue weighted by atomic mass is 16.6. The Morgan fingerprint density at radius 2 is 2.12 bits per heavy atom. The minimum atomic E-state index is 0.140. The van der Waals surface area contributed by atoms with Gasteiger partial charge in [-0.25, -0.2) is 0 Å². The van der Waals surface area contributed by atoms with Crippen molar-refractivity contribution in [1.29, 1.82) is 0 Å². The van der Waals surface area contributed by atoms with Crippen molar-refractivity contribution in [3.63, 3.8) is 0 Å². The van der Waals surface area contributed by atoms with Gasteiger partial charge in [0.1, 0.15) is 13.2 Å². The second-order valence-electron chi connectivity index (χ2n) is 4.47. The number of carbonyl (C=O) groups excluding carboxylic acids is 1. The fourth-order valence-electron chi connectivity index (χ4n) is 1.86. The molecule has 1 aliphatic rings. The normalized spacial score (nSPS) is 15.4. The van der Waals surface area contributed by atoms with Crippen LogP contribution in [0, 0.1) is 5.92 Å². The third-order valence-corrected chi connectivity index (χ3v) is 3.10. The van der Waals surface area contributed by atoms with E-state index in [4.69, 9.17) is 9.47 Å². The van der Waals surface area contributed by atoms with Gasteiger partial charge in [-0.3, -0.25) is 4.79 Å². The van der Waals surface area contributed by atoms with Gasteiger partial charge in [0, 0.05) is 6.42 Å². The Morgan fingerprint density at radius 3 is 2.88 bits per heavy atom. The van der Waals surface area contributed by atoms with Crippen LogP contribution in [-0.4, -0.2) is 19.0 Å². The first-order valence-electron chi connectivity index (χ1n) is 6.14. The number of ether oxygens (including phenoxy) is 2. The Morgan fingerprint density at radius 1 is 1.35 bits per heavy atom. The molecule has 3 heteroatoms. The molecule has 0 spiro atoms. The second-order valence-corrected chi connectivity index (χ2v) is 4.47. The summed E-state index contributed by atoms with van der Waals surface area (Å²) in [6.45, 7) is 5.25. The molecule has 3 nitrogen and oxygen atoms in total. The number of ketones is 1. The van der Waals surface area contributed by atoms with Crippen molar-refractivity contribution in [3.8, 4) is 11.5 Å². The molecule has 17 heavy (non-hydrogen) atoms. The summed E-state index contributed by atoms with van der Waals surface area (Å²) in [7, 11) is 0. The number of rotatable bonds is 4. The summed E-state index contributed by atoms with van der Waals surface area (Å²) in [6, 6.07) is 5.50. The van der Waals surface area contributed by atoms with Crippen LogP contribution in [0.5, 0.6) is 11.5 Å². The number of Topliss-reactive ketones (excluding diaryl/α,β-unsaturated/α-hetero) is 1. The highest BCUT2D eigenvalue weighted by Gasteiger charge is 2.20. The van der Waals surface area contributed by atoms with E-state index in [-0.39, 0.29) is 5.78 Å². The molecule has 92 valence electrons. The minimum absolute atomic E-state index is 0.140. The molecular weight excluding hydrogens is 216 g/mol. The molecule has 1 aromatic rings. The van der Waals surface area contributed by atoms with E-state index in [0.717, 1.165) is 6.42 Å². The average molecular weight is 234 g/mol. The van der Waals surface area contributed by atoms with Crippen LogP contribution in [0.25, 0.3) is 0 Å². The lowest BCUT2D eigenvalue weighted by molar-refractivity contribution is 0.0952. The first-order valence-corrected chi connectivity index (χ1v) is 6.14. The number of para-hydroxylation sites is 1. The lowest BCUT2D eigenvalue weighted by Crippen LogP contribution is -2.18. The maximum absolute atomic E-state index is 12.2. The van der Waals surface area contributed by atoms with Crippen LogP contribution in [0.15, 0.2) is 18.2 Å². The van der Waals surface area contributed by atoms with Gasteiger partial charge in [-0.1, -0.05) is 26.3 Å². The predicted molar refractivity (Wildman–Crippen MR) is 65.8 cm³/mol. The first kappa shape index (κ1) is 12.0. The van der Waals surface area contributed by atoms with Crippen molar-refractivity contribution in [1.82, 2.24) is 0 Å². The summed E-state index contributed by atoms with van der Waals surface area (Å²) >= 11 is 0. The van der Waals surface area contributed by atoms with Crippen molar-refractivity contribution in [2.75, 3.05) is 13.2 Å². The molecule has 2 rings (SSSR count). The Balaban J connectivity index is 2.23. The molecule has 0 saturated carbocycles. The van der Waals surface area contributed by atoms with E-state index in [1.54, 1.807) is 0 Å². The SMILES string of the molecule is CCC(C)CC(=O)c1cccc2c1OCCO2. The van der Waals surface area contributed by atoms with Gasteiger partial charge >= 0.3 is 0 Å². The molecule has 1 atom stereocenters. The van der Waals surface area contributed by atoms with Gasteiger partial charge in [-0.05, 0) is 18.1 Å². The zero-order valence-electron chi connectivity index (χ0n) is 10.4. The van der Waals surface area contributed by atoms with Gasteiger partial charge in [0.15, 0.2) is 17.3 Å². The fourth-order valence-corrected chi connectivity index (χ4v) is 1.86. The summed E-state index contributed by atoms with van der Waals surface area (Å²) in [5.41, 5.74) is 0.655. The fraction of sp³-hybridized carbons (Fsp3) is 0.500. The zero-order chi connectivity index (χ0) is 12.3. The summed E-state index contributed by atoms with van der Waals surface area (Å²) in [5, 5.41) is 0. The van der Waals surface area contributed by atoms with E-state index in [2.05, 4.69) is 13.8 Å². The molecule has 0 saturated heterocycles. The van der Waals surface area contributed by atoms with Gasteiger partial charge in [0.25, 0.3) is 0 Å². The number of hydrogen-bond donors (Lipinski definition) is 0. The van der Waals surface area contributed by atoms with Crippen molar-refractivity contribution < 1.29 is 14.3 Å². The van der Waals surface area contributed by atoms with Crippen LogP contribution in [-0.2, 0) is 0 Å². The van der Waals surface area contributed by atoms with Crippen molar-refractivity contribution in [2.24, 2.45) is 5.92 Å². The molecule has 0 N–H and O–H groups in total. The van der Waals surface area contributed by atoms with Gasteiger partial charge in [-0.15, -0.1) is 0 Å². The van der Waals surface area contributed by atoms with Gasteiger partial charge in [0.05, 0.1) is 5.56 Å². The average Bonchev–Trinajstić information content (AvgIpc) is 2.37. The van der Waals surface area contributed by atoms with E-state index in [9.17, 15) is 4.79 Å². The Labute approximate surface area is 102 Å². The van der Waals surface area contributed by atoms with E-state index < -0.39 is 0 Å². The maximum Gasteiger partial charge on any atom is 0.172 e. The quantitative estimate of drug-likeness (QED) is 0.751. The smallest absolute Gasteiger partial charge is 0.172 e. The van der Waals surface area contributed by atoms with E-state index >= 15 is 0 Å². The lowest BCUT2D eigenvalue weighted by atomic mass is 9.97. The minimum Gasteiger partial charge on any atom is -0.486 e. The molecule has 0 aliphatic carbocycles. The topological polar surface area (TPSA) is 35.5 Å². The third kappa shape index (κ3) is 2.60. The Kier molecular flexibility index (Phi) is 3.67. The number of benzene rings is 1. The van der Waals surface area contributed by atoms with Crippen molar-refractivity contribution in [2.45, 2.75) is 26.7 Å². The Hall–Kier alpha value is -1.51. The van der Waals surface area contributed by atoms with Crippen LogP contribution >= 0.6 is 0 Å². The van der Waals surface area contributed by atoms with Gasteiger partial charge in [0.2, 0.25) is 0 Å². The standard InChI is InChI=1S/C14H18O3/c1-3-10(2)9-12(15)11-5-4-6-13-14(11)17-8-7-16-13/h4-6,10H,3,7-9H2,1-2H3. The lowest BCUT2D eigenvalue weighted by Gasteiger charge is -2.20. The molecule has 1 aliphatic heterocycles. The molecule has 0 aromatic heterocycles. The van der Waals surface area contributed by atoms with E-state index in [1.165, 1.54) is 0 Å². The van der Waals surface area contributed by atoms with Gasteiger partial charge in [-0.2, -0.15) is 0 Å². The molecule has 0 amide bonds. The van der Waals surface area contributed by atoms with Crippen molar-refractivity contribution >= 4 is 5.78 Å². The van der Waals surface area contributed by atoms with Crippen LogP contribution in [0.1, 0.15) is 37.0 Å². The highest BCUT2D eigenvalue weighted by Crippen LogP contribution is 2.34. The molecule has 1 unspecified atom stereocenters. The number of carbonyl (C=O) groups is 1. The Bertz CT molecular complexity index is 412. The molecule has 0 bridgehead atoms. The zero-order valence-corrected chi connectivity index (χ0v) is 10.4. The van der Waals surface area contributed by atoms with Crippen LogP contribution in [0.2, 0.25) is 0 Å². The predicted octanol–water partition coefficient (Wildman–Crippen LogP) is 3.08. The van der Waals surface area contributed by atoms with E-state index in [1.807, 2.05) is 18.2 Å². The monoisotopic (exact) mass is 234 g/mol. The largest absolute Gasteiger partial charge is 0.486 e. The molecule has 1 aromatic carbocycles. The second kappa shape index (κ2) is 5.21.